The van der Waals surface area contributed by atoms with Crippen molar-refractivity contribution in [3.8, 4) is 5.75 Å². The Morgan fingerprint density at radius 2 is 2.00 bits per heavy atom. The van der Waals surface area contributed by atoms with Crippen LogP contribution in [0.5, 0.6) is 5.75 Å². The number of methoxy groups -OCH3 is 1. The van der Waals surface area contributed by atoms with E-state index in [1.165, 1.54) is 0 Å². The highest BCUT2D eigenvalue weighted by atomic mass is 32.1. The van der Waals surface area contributed by atoms with Gasteiger partial charge in [0.2, 0.25) is 11.8 Å². The molecule has 4 rings (SSSR count). The van der Waals surface area contributed by atoms with Gasteiger partial charge in [0.1, 0.15) is 5.75 Å². The zero-order chi connectivity index (χ0) is 18.8. The molecule has 1 unspecified atom stereocenters. The van der Waals surface area contributed by atoms with E-state index in [-0.39, 0.29) is 24.2 Å². The Labute approximate surface area is 162 Å². The molecule has 0 spiro atoms. The van der Waals surface area contributed by atoms with Crippen LogP contribution in [0.4, 0.5) is 10.8 Å². The second-order valence-corrected chi connectivity index (χ2v) is 7.58. The summed E-state index contributed by atoms with van der Waals surface area (Å²) in [5.74, 6) is 0.392. The first kappa shape index (κ1) is 17.8. The molecule has 2 fully saturated rings. The maximum Gasteiger partial charge on any atom is 0.228 e. The van der Waals surface area contributed by atoms with E-state index in [9.17, 15) is 9.59 Å². The molecular weight excluding hydrogens is 364 g/mol. The van der Waals surface area contributed by atoms with Crippen molar-refractivity contribution in [2.24, 2.45) is 5.92 Å². The molecule has 0 saturated carbocycles. The van der Waals surface area contributed by atoms with Crippen molar-refractivity contribution >= 4 is 34.0 Å². The number of piperazine rings is 1. The lowest BCUT2D eigenvalue weighted by Crippen LogP contribution is -2.50. The molecule has 0 N–H and O–H groups in total. The maximum atomic E-state index is 13.0. The molecule has 2 aromatic rings. The molecule has 142 valence electrons. The molecule has 0 bridgehead atoms. The van der Waals surface area contributed by atoms with Crippen LogP contribution in [-0.4, -0.2) is 61.5 Å². The van der Waals surface area contributed by atoms with Crippen LogP contribution in [0.3, 0.4) is 0 Å². The fourth-order valence-electron chi connectivity index (χ4n) is 3.71. The van der Waals surface area contributed by atoms with Crippen molar-refractivity contribution in [1.82, 2.24) is 9.88 Å². The molecule has 1 atom stereocenters. The molecular formula is C19H22N4O3S. The van der Waals surface area contributed by atoms with Crippen LogP contribution in [0.2, 0.25) is 0 Å². The van der Waals surface area contributed by atoms with Gasteiger partial charge in [-0.2, -0.15) is 0 Å². The average Bonchev–Trinajstić information content (AvgIpc) is 3.37. The predicted octanol–water partition coefficient (Wildman–Crippen LogP) is 1.85. The summed E-state index contributed by atoms with van der Waals surface area (Å²) in [6.07, 6.45) is 2.05. The molecule has 2 amide bonds. The Hall–Kier alpha value is -2.61. The van der Waals surface area contributed by atoms with Crippen LogP contribution in [-0.2, 0) is 9.59 Å². The number of amides is 2. The SMILES string of the molecule is COc1ccccc1N1CC(C(=O)N2CCN(c3nccs3)CC2)CC1=O. The molecule has 2 aliphatic rings. The van der Waals surface area contributed by atoms with Gasteiger partial charge in [0, 0.05) is 50.7 Å². The molecule has 27 heavy (non-hydrogen) atoms. The minimum atomic E-state index is -0.297. The quantitative estimate of drug-likeness (QED) is 0.802. The van der Waals surface area contributed by atoms with E-state index >= 15 is 0 Å². The number of carbonyl (C=O) groups is 2. The monoisotopic (exact) mass is 386 g/mol. The van der Waals surface area contributed by atoms with Crippen molar-refractivity contribution < 1.29 is 14.3 Å². The smallest absolute Gasteiger partial charge is 0.228 e. The van der Waals surface area contributed by atoms with Gasteiger partial charge in [-0.3, -0.25) is 9.59 Å². The van der Waals surface area contributed by atoms with Crippen LogP contribution >= 0.6 is 11.3 Å². The zero-order valence-electron chi connectivity index (χ0n) is 15.2. The topological polar surface area (TPSA) is 66.0 Å². The van der Waals surface area contributed by atoms with Gasteiger partial charge in [-0.05, 0) is 12.1 Å². The van der Waals surface area contributed by atoms with E-state index in [1.54, 1.807) is 29.5 Å². The predicted molar refractivity (Wildman–Crippen MR) is 104 cm³/mol. The van der Waals surface area contributed by atoms with Gasteiger partial charge in [-0.25, -0.2) is 4.98 Å². The normalized spacial score (nSPS) is 20.3. The molecule has 1 aromatic heterocycles. The standard InChI is InChI=1S/C19H22N4O3S/c1-26-16-5-3-2-4-15(16)23-13-14(12-17(23)24)18(25)21-7-9-22(10-8-21)19-20-6-11-27-19/h2-6,11,14H,7-10,12-13H2,1H3. The number of nitrogens with zero attached hydrogens (tertiary/aromatic N) is 4. The number of para-hydroxylation sites is 2. The summed E-state index contributed by atoms with van der Waals surface area (Å²) in [7, 11) is 1.59. The first-order valence-corrected chi connectivity index (χ1v) is 9.92. The van der Waals surface area contributed by atoms with Crippen LogP contribution in [0, 0.1) is 5.92 Å². The van der Waals surface area contributed by atoms with Gasteiger partial charge in [-0.1, -0.05) is 12.1 Å². The molecule has 8 heteroatoms. The first-order chi connectivity index (χ1) is 13.2. The Kier molecular flexibility index (Phi) is 4.98. The molecule has 7 nitrogen and oxygen atoms in total. The van der Waals surface area contributed by atoms with Crippen molar-refractivity contribution in [2.75, 3.05) is 49.6 Å². The molecule has 2 saturated heterocycles. The summed E-state index contributed by atoms with van der Waals surface area (Å²) < 4.78 is 5.37. The number of benzene rings is 1. The summed E-state index contributed by atoms with van der Waals surface area (Å²) in [6, 6.07) is 7.43. The Bertz CT molecular complexity index is 818. The Morgan fingerprint density at radius 1 is 1.22 bits per heavy atom. The zero-order valence-corrected chi connectivity index (χ0v) is 16.0. The van der Waals surface area contributed by atoms with Gasteiger partial charge < -0.3 is 19.4 Å². The Balaban J connectivity index is 1.40. The second-order valence-electron chi connectivity index (χ2n) is 6.70. The van der Waals surface area contributed by atoms with Crippen LogP contribution in [0.1, 0.15) is 6.42 Å². The summed E-state index contributed by atoms with van der Waals surface area (Å²) in [5.41, 5.74) is 0.730. The van der Waals surface area contributed by atoms with Crippen LogP contribution in [0.15, 0.2) is 35.8 Å². The summed E-state index contributed by atoms with van der Waals surface area (Å²) in [6.45, 7) is 3.28. The van der Waals surface area contributed by atoms with Gasteiger partial charge in [-0.15, -0.1) is 11.3 Å². The molecule has 0 aliphatic carbocycles. The van der Waals surface area contributed by atoms with Gasteiger partial charge in [0.15, 0.2) is 5.13 Å². The number of anilines is 2. The molecule has 3 heterocycles. The Morgan fingerprint density at radius 3 is 2.70 bits per heavy atom. The number of carbonyl (C=O) groups excluding carboxylic acids is 2. The van der Waals surface area contributed by atoms with E-state index in [4.69, 9.17) is 4.74 Å². The molecule has 0 radical (unpaired) electrons. The number of thiazole rings is 1. The van der Waals surface area contributed by atoms with Crippen LogP contribution < -0.4 is 14.5 Å². The molecule has 1 aromatic carbocycles. The highest BCUT2D eigenvalue weighted by Gasteiger charge is 2.38. The fraction of sp³-hybridized carbons (Fsp3) is 0.421. The average molecular weight is 386 g/mol. The van der Waals surface area contributed by atoms with Crippen molar-refractivity contribution in [1.29, 1.82) is 0 Å². The van der Waals surface area contributed by atoms with E-state index in [0.717, 1.165) is 23.9 Å². The van der Waals surface area contributed by atoms with E-state index < -0.39 is 0 Å². The number of hydrogen-bond donors (Lipinski definition) is 0. The van der Waals surface area contributed by atoms with Gasteiger partial charge in [0.05, 0.1) is 18.7 Å². The maximum absolute atomic E-state index is 13.0. The number of ether oxygens (including phenoxy) is 1. The third-order valence-corrected chi connectivity index (χ3v) is 5.96. The third-order valence-electron chi connectivity index (χ3n) is 5.13. The highest BCUT2D eigenvalue weighted by Crippen LogP contribution is 2.33. The largest absolute Gasteiger partial charge is 0.495 e. The fourth-order valence-corrected chi connectivity index (χ4v) is 4.40. The van der Waals surface area contributed by atoms with E-state index in [0.29, 0.717) is 25.4 Å². The summed E-state index contributed by atoms with van der Waals surface area (Å²) in [4.78, 5) is 35.6. The number of rotatable bonds is 4. The van der Waals surface area contributed by atoms with Crippen molar-refractivity contribution in [2.45, 2.75) is 6.42 Å². The lowest BCUT2D eigenvalue weighted by Gasteiger charge is -2.35. The lowest BCUT2D eigenvalue weighted by atomic mass is 10.1. The molecule has 2 aliphatic heterocycles. The van der Waals surface area contributed by atoms with E-state index in [2.05, 4.69) is 9.88 Å². The number of hydrogen-bond acceptors (Lipinski definition) is 6. The van der Waals surface area contributed by atoms with Crippen molar-refractivity contribution in [3.05, 3.63) is 35.8 Å². The first-order valence-electron chi connectivity index (χ1n) is 9.04. The van der Waals surface area contributed by atoms with E-state index in [1.807, 2.05) is 34.5 Å². The third kappa shape index (κ3) is 3.49. The van der Waals surface area contributed by atoms with Gasteiger partial charge >= 0.3 is 0 Å². The summed E-state index contributed by atoms with van der Waals surface area (Å²) in [5, 5.41) is 2.96. The van der Waals surface area contributed by atoms with Crippen LogP contribution in [0.25, 0.3) is 0 Å². The highest BCUT2D eigenvalue weighted by molar-refractivity contribution is 7.13. The number of aromatic nitrogens is 1. The second kappa shape index (κ2) is 7.56. The van der Waals surface area contributed by atoms with Crippen molar-refractivity contribution in [3.63, 3.8) is 0 Å². The minimum absolute atomic E-state index is 0.0285. The summed E-state index contributed by atoms with van der Waals surface area (Å²) >= 11 is 1.61. The lowest BCUT2D eigenvalue weighted by molar-refractivity contribution is -0.136. The minimum Gasteiger partial charge on any atom is -0.495 e. The van der Waals surface area contributed by atoms with Gasteiger partial charge in [0.25, 0.3) is 0 Å².